The van der Waals surface area contributed by atoms with E-state index in [1.165, 1.54) is 24.1 Å². The van der Waals surface area contributed by atoms with Gasteiger partial charge in [0.2, 0.25) is 17.6 Å². The summed E-state index contributed by atoms with van der Waals surface area (Å²) in [6.45, 7) is 0.474. The first-order chi connectivity index (χ1) is 20.7. The SMILES string of the molecule is CNC(=O)C(=O)[C@H](C[C@@H]1CCNC1=O)NC(=O)[C@@H]1[C@H]2CCC[C@H]2CN1C(=O)COc1ccc(-c2ccc(F)cc2F)cc1. The van der Waals surface area contributed by atoms with Crippen molar-refractivity contribution < 1.29 is 37.5 Å². The molecule has 3 fully saturated rings. The summed E-state index contributed by atoms with van der Waals surface area (Å²) >= 11 is 0. The summed E-state index contributed by atoms with van der Waals surface area (Å²) in [5.41, 5.74) is 0.736. The standard InChI is InChI=1S/C31H34F2N4O6/c1-34-31(42)28(39)25(13-18-11-12-35-29(18)40)36-30(41)27-23-4-2-3-19(23)15-37(27)26(38)16-43-21-8-5-17(6-9-21)22-10-7-20(32)14-24(22)33/h5-10,14,18-19,23,25,27H,2-4,11-13,15-16H2,1H3,(H,34,42)(H,35,40)(H,36,41)/t18-,19-,23-,25-,27-/m0/s1. The van der Waals surface area contributed by atoms with Crippen LogP contribution in [0, 0.1) is 29.4 Å². The smallest absolute Gasteiger partial charge is 0.289 e. The highest BCUT2D eigenvalue weighted by molar-refractivity contribution is 6.38. The Labute approximate surface area is 247 Å². The van der Waals surface area contributed by atoms with Gasteiger partial charge in [0.15, 0.2) is 6.61 Å². The molecule has 2 saturated heterocycles. The molecule has 3 N–H and O–H groups in total. The van der Waals surface area contributed by atoms with Gasteiger partial charge in [0.05, 0.1) is 6.04 Å². The van der Waals surface area contributed by atoms with Gasteiger partial charge in [-0.1, -0.05) is 18.6 Å². The van der Waals surface area contributed by atoms with Gasteiger partial charge in [-0.15, -0.1) is 0 Å². The van der Waals surface area contributed by atoms with Crippen molar-refractivity contribution in [2.75, 3.05) is 26.7 Å². The highest BCUT2D eigenvalue weighted by atomic mass is 19.1. The summed E-state index contributed by atoms with van der Waals surface area (Å²) in [5.74, 6) is -4.40. The molecule has 12 heteroatoms. The quantitative estimate of drug-likeness (QED) is 0.359. The molecule has 2 aromatic carbocycles. The first-order valence-corrected chi connectivity index (χ1v) is 14.5. The first kappa shape index (κ1) is 30.1. The van der Waals surface area contributed by atoms with Gasteiger partial charge in [0.25, 0.3) is 11.8 Å². The molecule has 10 nitrogen and oxygen atoms in total. The number of Topliss-reactive ketones (excluding diaryl/α,β-unsaturated/α-hetero) is 1. The van der Waals surface area contributed by atoms with E-state index in [-0.39, 0.29) is 36.3 Å². The Morgan fingerprint density at radius 2 is 1.84 bits per heavy atom. The van der Waals surface area contributed by atoms with Crippen molar-refractivity contribution in [1.82, 2.24) is 20.9 Å². The molecule has 2 heterocycles. The van der Waals surface area contributed by atoms with E-state index >= 15 is 0 Å². The normalized spacial score (nSPS) is 23.3. The molecule has 2 aromatic rings. The summed E-state index contributed by atoms with van der Waals surface area (Å²) in [7, 11) is 1.32. The fourth-order valence-electron chi connectivity index (χ4n) is 6.50. The van der Waals surface area contributed by atoms with E-state index < -0.39 is 53.1 Å². The van der Waals surface area contributed by atoms with Crippen molar-refractivity contribution in [3.63, 3.8) is 0 Å². The van der Waals surface area contributed by atoms with Crippen LogP contribution in [0.1, 0.15) is 32.1 Å². The summed E-state index contributed by atoms with van der Waals surface area (Å²) in [6, 6.07) is 7.60. The second kappa shape index (κ2) is 12.9. The maximum Gasteiger partial charge on any atom is 0.289 e. The largest absolute Gasteiger partial charge is 0.484 e. The number of carbonyl (C=O) groups is 5. The van der Waals surface area contributed by atoms with Crippen LogP contribution >= 0.6 is 0 Å². The van der Waals surface area contributed by atoms with Crippen LogP contribution < -0.4 is 20.7 Å². The number of nitrogens with one attached hydrogen (secondary N) is 3. The van der Waals surface area contributed by atoms with E-state index in [4.69, 9.17) is 4.74 Å². The van der Waals surface area contributed by atoms with Gasteiger partial charge >= 0.3 is 0 Å². The molecule has 5 rings (SSSR count). The predicted octanol–water partition coefficient (Wildman–Crippen LogP) is 1.96. The molecular weight excluding hydrogens is 562 g/mol. The van der Waals surface area contributed by atoms with Crippen molar-refractivity contribution in [3.8, 4) is 16.9 Å². The minimum absolute atomic E-state index is 0.0144. The van der Waals surface area contributed by atoms with Crippen molar-refractivity contribution in [1.29, 1.82) is 0 Å². The number of amides is 4. The lowest BCUT2D eigenvalue weighted by Crippen LogP contribution is -2.55. The Kier molecular flexibility index (Phi) is 9.02. The first-order valence-electron chi connectivity index (χ1n) is 14.5. The van der Waals surface area contributed by atoms with Crippen LogP contribution in [0.4, 0.5) is 8.78 Å². The van der Waals surface area contributed by atoms with Crippen molar-refractivity contribution >= 4 is 29.4 Å². The Morgan fingerprint density at radius 1 is 1.07 bits per heavy atom. The van der Waals surface area contributed by atoms with E-state index in [2.05, 4.69) is 16.0 Å². The molecule has 0 aromatic heterocycles. The third-order valence-corrected chi connectivity index (χ3v) is 8.71. The predicted molar refractivity (Wildman–Crippen MR) is 150 cm³/mol. The topological polar surface area (TPSA) is 134 Å². The van der Waals surface area contributed by atoms with E-state index in [9.17, 15) is 32.8 Å². The Morgan fingerprint density at radius 3 is 2.51 bits per heavy atom. The van der Waals surface area contributed by atoms with Crippen LogP contribution in [0.2, 0.25) is 0 Å². The maximum atomic E-state index is 14.2. The lowest BCUT2D eigenvalue weighted by molar-refractivity contribution is -0.143. The number of likely N-dealkylation sites (tertiary alicyclic amines) is 1. The highest BCUT2D eigenvalue weighted by Crippen LogP contribution is 2.42. The van der Waals surface area contributed by atoms with Crippen LogP contribution in [0.5, 0.6) is 5.75 Å². The molecule has 0 spiro atoms. The summed E-state index contributed by atoms with van der Waals surface area (Å²) < 4.78 is 33.1. The van der Waals surface area contributed by atoms with Crippen LogP contribution in [0.15, 0.2) is 42.5 Å². The average molecular weight is 597 g/mol. The summed E-state index contributed by atoms with van der Waals surface area (Å²) in [6.07, 6.45) is 3.00. The molecule has 0 unspecified atom stereocenters. The monoisotopic (exact) mass is 596 g/mol. The minimum Gasteiger partial charge on any atom is -0.484 e. The van der Waals surface area contributed by atoms with Gasteiger partial charge in [-0.2, -0.15) is 0 Å². The number of fused-ring (bicyclic) bond motifs is 1. The zero-order valence-corrected chi connectivity index (χ0v) is 23.7. The molecule has 43 heavy (non-hydrogen) atoms. The van der Waals surface area contributed by atoms with Crippen LogP contribution in [0.3, 0.4) is 0 Å². The number of hydrogen-bond acceptors (Lipinski definition) is 6. The van der Waals surface area contributed by atoms with Gasteiger partial charge < -0.3 is 25.6 Å². The Hall–Kier alpha value is -4.35. The molecule has 1 saturated carbocycles. The Balaban J connectivity index is 1.26. The fraction of sp³-hybridized carbons (Fsp3) is 0.452. The maximum absolute atomic E-state index is 14.2. The number of halogens is 2. The molecule has 1 aliphatic carbocycles. The van der Waals surface area contributed by atoms with Crippen molar-refractivity contribution in [2.45, 2.75) is 44.2 Å². The number of rotatable bonds is 10. The second-order valence-electron chi connectivity index (χ2n) is 11.3. The molecule has 4 amide bonds. The van der Waals surface area contributed by atoms with Crippen LogP contribution in [0.25, 0.3) is 11.1 Å². The third kappa shape index (κ3) is 6.52. The highest BCUT2D eigenvalue weighted by Gasteiger charge is 2.50. The van der Waals surface area contributed by atoms with Gasteiger partial charge in [-0.05, 0) is 67.3 Å². The molecule has 228 valence electrons. The van der Waals surface area contributed by atoms with E-state index in [0.717, 1.165) is 25.3 Å². The molecular formula is C31H34F2N4O6. The van der Waals surface area contributed by atoms with E-state index in [1.54, 1.807) is 24.3 Å². The third-order valence-electron chi connectivity index (χ3n) is 8.71. The van der Waals surface area contributed by atoms with Gasteiger partial charge in [0.1, 0.15) is 23.4 Å². The number of ether oxygens (including phenoxy) is 1. The van der Waals surface area contributed by atoms with Gasteiger partial charge in [-0.25, -0.2) is 8.78 Å². The number of nitrogens with zero attached hydrogens (tertiary/aromatic N) is 1. The zero-order valence-electron chi connectivity index (χ0n) is 23.7. The number of hydrogen-bond donors (Lipinski definition) is 3. The lowest BCUT2D eigenvalue weighted by Gasteiger charge is -2.29. The average Bonchev–Trinajstić information content (AvgIpc) is 3.71. The minimum atomic E-state index is -1.21. The van der Waals surface area contributed by atoms with Crippen molar-refractivity contribution in [3.05, 3.63) is 54.1 Å². The lowest BCUT2D eigenvalue weighted by atomic mass is 9.91. The molecule has 3 aliphatic rings. The summed E-state index contributed by atoms with van der Waals surface area (Å²) in [5, 5.41) is 7.69. The number of likely N-dealkylation sites (N-methyl/N-ethyl adjacent to an activating group) is 1. The number of carbonyl (C=O) groups excluding carboxylic acids is 5. The molecule has 5 atom stereocenters. The zero-order chi connectivity index (χ0) is 30.7. The number of benzene rings is 2. The van der Waals surface area contributed by atoms with E-state index in [1.807, 2.05) is 0 Å². The molecule has 0 radical (unpaired) electrons. The van der Waals surface area contributed by atoms with Crippen molar-refractivity contribution in [2.24, 2.45) is 17.8 Å². The summed E-state index contributed by atoms with van der Waals surface area (Å²) in [4.78, 5) is 65.8. The van der Waals surface area contributed by atoms with Gasteiger partial charge in [0, 0.05) is 37.7 Å². The van der Waals surface area contributed by atoms with Crippen LogP contribution in [-0.2, 0) is 24.0 Å². The second-order valence-corrected chi connectivity index (χ2v) is 11.3. The molecule has 2 aliphatic heterocycles. The van der Waals surface area contributed by atoms with E-state index in [0.29, 0.717) is 30.8 Å². The molecule has 0 bridgehead atoms. The van der Waals surface area contributed by atoms with Gasteiger partial charge in [-0.3, -0.25) is 24.0 Å². The fourth-order valence-corrected chi connectivity index (χ4v) is 6.50. The number of ketones is 1. The Bertz CT molecular complexity index is 1420. The van der Waals surface area contributed by atoms with Crippen LogP contribution in [-0.4, -0.2) is 73.1 Å².